The number of nitrogens with two attached hydrogens (primary N) is 1. The molecule has 0 saturated heterocycles. The third-order valence-electron chi connectivity index (χ3n) is 6.18. The minimum Gasteiger partial charge on any atom is -0.352 e. The Morgan fingerprint density at radius 1 is 1.05 bits per heavy atom. The predicted octanol–water partition coefficient (Wildman–Crippen LogP) is 4.42. The van der Waals surface area contributed by atoms with Gasteiger partial charge in [-0.1, -0.05) is 30.3 Å². The van der Waals surface area contributed by atoms with Crippen LogP contribution in [0.5, 0.6) is 0 Å². The van der Waals surface area contributed by atoms with Crippen LogP contribution in [0, 0.1) is 12.7 Å². The number of H-pyrrole nitrogens is 1. The molecule has 2 heterocycles. The molecule has 0 radical (unpaired) electrons. The van der Waals surface area contributed by atoms with Crippen LogP contribution in [-0.2, 0) is 23.0 Å². The van der Waals surface area contributed by atoms with Crippen LogP contribution in [-0.4, -0.2) is 35.4 Å². The number of sulfonamides is 1. The summed E-state index contributed by atoms with van der Waals surface area (Å²) in [5.41, 5.74) is 4.80. The number of aromatic nitrogens is 4. The Labute approximate surface area is 219 Å². The van der Waals surface area contributed by atoms with E-state index in [9.17, 15) is 12.8 Å². The van der Waals surface area contributed by atoms with Gasteiger partial charge < -0.3 is 15.2 Å². The molecule has 4 N–H and O–H groups in total. The van der Waals surface area contributed by atoms with Crippen LogP contribution in [0.25, 0.3) is 11.0 Å². The quantitative estimate of drug-likeness (QED) is 0.270. The summed E-state index contributed by atoms with van der Waals surface area (Å²) in [4.78, 5) is 18.9. The van der Waals surface area contributed by atoms with Crippen molar-refractivity contribution in [2.24, 2.45) is 5.14 Å². The van der Waals surface area contributed by atoms with Crippen molar-refractivity contribution in [1.82, 2.24) is 19.9 Å². The average molecular weight is 532 g/mol. The van der Waals surface area contributed by atoms with Gasteiger partial charge in [0.05, 0.1) is 15.9 Å². The van der Waals surface area contributed by atoms with Gasteiger partial charge in [-0.15, -0.1) is 0 Å². The molecule has 38 heavy (non-hydrogen) atoms. The smallest absolute Gasteiger partial charge is 0.238 e. The molecular weight excluding hydrogens is 505 g/mol. The zero-order valence-corrected chi connectivity index (χ0v) is 21.6. The molecule has 0 aliphatic rings. The minimum absolute atomic E-state index is 0.0503. The molecule has 0 amide bonds. The molecule has 0 aliphatic carbocycles. The lowest BCUT2D eigenvalue weighted by Gasteiger charge is -2.19. The van der Waals surface area contributed by atoms with Crippen LogP contribution in [0.2, 0.25) is 0 Å². The minimum atomic E-state index is -3.79. The Kier molecular flexibility index (Phi) is 6.79. The maximum Gasteiger partial charge on any atom is 0.238 e. The first-order valence-electron chi connectivity index (χ1n) is 11.8. The van der Waals surface area contributed by atoms with Crippen molar-refractivity contribution >= 4 is 38.5 Å². The SMILES string of the molecule is Cc1cc(N(C)c2ccnc(Cc3cccc(S(N)(=O)=O)c3)n2)cc2[nH]c(NCc3ccccc3F)nc12. The molecule has 5 aromatic rings. The molecule has 11 heteroatoms. The van der Waals surface area contributed by atoms with Gasteiger partial charge in [-0.3, -0.25) is 0 Å². The molecule has 0 fully saturated rings. The van der Waals surface area contributed by atoms with E-state index >= 15 is 0 Å². The van der Waals surface area contributed by atoms with Crippen molar-refractivity contribution in [1.29, 1.82) is 0 Å². The summed E-state index contributed by atoms with van der Waals surface area (Å²) in [6, 6.07) is 18.9. The number of aromatic amines is 1. The maximum absolute atomic E-state index is 14.0. The van der Waals surface area contributed by atoms with E-state index in [0.717, 1.165) is 27.8 Å². The second-order valence-corrected chi connectivity index (χ2v) is 10.5. The molecule has 9 nitrogen and oxygen atoms in total. The number of hydrogen-bond donors (Lipinski definition) is 3. The fourth-order valence-corrected chi connectivity index (χ4v) is 4.76. The summed E-state index contributed by atoms with van der Waals surface area (Å²) >= 11 is 0. The third kappa shape index (κ3) is 5.48. The monoisotopic (exact) mass is 531 g/mol. The van der Waals surface area contributed by atoms with E-state index in [1.54, 1.807) is 36.5 Å². The molecule has 0 bridgehead atoms. The Balaban J connectivity index is 1.36. The van der Waals surface area contributed by atoms with Crippen molar-refractivity contribution in [3.63, 3.8) is 0 Å². The number of anilines is 3. The number of fused-ring (bicyclic) bond motifs is 1. The maximum atomic E-state index is 14.0. The highest BCUT2D eigenvalue weighted by molar-refractivity contribution is 7.89. The lowest BCUT2D eigenvalue weighted by molar-refractivity contribution is 0.597. The molecule has 5 rings (SSSR count). The number of benzene rings is 3. The molecule has 0 saturated carbocycles. The standard InChI is InChI=1S/C27H26FN7O2S/c1-17-12-20(15-23-26(17)34-27(32-23)31-16-19-7-3-4-9-22(19)28)35(2)25-10-11-30-24(33-25)14-18-6-5-8-21(13-18)38(29,36)37/h3-13,15H,14,16H2,1-2H3,(H2,29,36,37)(H2,31,32,34). The van der Waals surface area contributed by atoms with E-state index in [2.05, 4.69) is 25.3 Å². The number of nitrogens with one attached hydrogen (secondary N) is 2. The third-order valence-corrected chi connectivity index (χ3v) is 7.09. The molecular formula is C27H26FN7O2S. The lowest BCUT2D eigenvalue weighted by atomic mass is 10.1. The predicted molar refractivity (Wildman–Crippen MR) is 145 cm³/mol. The van der Waals surface area contributed by atoms with Crippen molar-refractivity contribution < 1.29 is 12.8 Å². The summed E-state index contributed by atoms with van der Waals surface area (Å²) in [7, 11) is -1.89. The topological polar surface area (TPSA) is 130 Å². The van der Waals surface area contributed by atoms with Crippen LogP contribution < -0.4 is 15.4 Å². The summed E-state index contributed by atoms with van der Waals surface area (Å²) < 4.78 is 37.3. The summed E-state index contributed by atoms with van der Waals surface area (Å²) in [5.74, 6) is 1.50. The Morgan fingerprint density at radius 3 is 2.66 bits per heavy atom. The van der Waals surface area contributed by atoms with Gasteiger partial charge in [0.2, 0.25) is 16.0 Å². The Morgan fingerprint density at radius 2 is 1.87 bits per heavy atom. The van der Waals surface area contributed by atoms with Crippen molar-refractivity contribution in [3.05, 3.63) is 101 Å². The number of primary sulfonamides is 1. The van der Waals surface area contributed by atoms with Crippen LogP contribution in [0.1, 0.15) is 22.5 Å². The lowest BCUT2D eigenvalue weighted by Crippen LogP contribution is -2.13. The number of rotatable bonds is 8. The Bertz CT molecular complexity index is 1740. The normalized spacial score (nSPS) is 11.6. The zero-order chi connectivity index (χ0) is 26.9. The number of nitrogens with zero attached hydrogens (tertiary/aromatic N) is 4. The van der Waals surface area contributed by atoms with Gasteiger partial charge in [-0.25, -0.2) is 32.9 Å². The fourth-order valence-electron chi connectivity index (χ4n) is 4.18. The van der Waals surface area contributed by atoms with E-state index in [4.69, 9.17) is 5.14 Å². The number of aryl methyl sites for hydroxylation is 1. The van der Waals surface area contributed by atoms with Gasteiger partial charge >= 0.3 is 0 Å². The molecule has 194 valence electrons. The van der Waals surface area contributed by atoms with Gasteiger partial charge in [-0.2, -0.15) is 0 Å². The van der Waals surface area contributed by atoms with E-state index in [1.165, 1.54) is 18.2 Å². The number of hydrogen-bond acceptors (Lipinski definition) is 7. The van der Waals surface area contributed by atoms with Crippen LogP contribution in [0.15, 0.2) is 77.8 Å². The largest absolute Gasteiger partial charge is 0.352 e. The van der Waals surface area contributed by atoms with Crippen molar-refractivity contribution in [2.75, 3.05) is 17.3 Å². The van der Waals surface area contributed by atoms with Gasteiger partial charge in [0, 0.05) is 37.5 Å². The molecule has 0 aliphatic heterocycles. The van der Waals surface area contributed by atoms with Crippen LogP contribution >= 0.6 is 0 Å². The fraction of sp³-hybridized carbons (Fsp3) is 0.148. The number of imidazole rings is 1. The van der Waals surface area contributed by atoms with Crippen molar-refractivity contribution in [2.45, 2.75) is 24.8 Å². The first kappa shape index (κ1) is 25.3. The van der Waals surface area contributed by atoms with Gasteiger partial charge in [0.1, 0.15) is 17.5 Å². The molecule has 0 atom stereocenters. The van der Waals surface area contributed by atoms with Gasteiger partial charge in [0.25, 0.3) is 0 Å². The zero-order valence-electron chi connectivity index (χ0n) is 20.8. The van der Waals surface area contributed by atoms with E-state index in [0.29, 0.717) is 36.1 Å². The summed E-state index contributed by atoms with van der Waals surface area (Å²) in [5, 5.41) is 8.41. The van der Waals surface area contributed by atoms with Gasteiger partial charge in [0.15, 0.2) is 0 Å². The number of halogens is 1. The Hall–Kier alpha value is -4.35. The second-order valence-electron chi connectivity index (χ2n) is 8.95. The van der Waals surface area contributed by atoms with Crippen molar-refractivity contribution in [3.8, 4) is 0 Å². The summed E-state index contributed by atoms with van der Waals surface area (Å²) in [6.07, 6.45) is 2.02. The molecule has 0 spiro atoms. The van der Waals surface area contributed by atoms with Crippen LogP contribution in [0.4, 0.5) is 21.8 Å². The molecule has 2 aromatic heterocycles. The molecule has 0 unspecified atom stereocenters. The highest BCUT2D eigenvalue weighted by Gasteiger charge is 2.14. The van der Waals surface area contributed by atoms with E-state index < -0.39 is 10.0 Å². The highest BCUT2D eigenvalue weighted by Crippen LogP contribution is 2.29. The second kappa shape index (κ2) is 10.2. The first-order valence-corrected chi connectivity index (χ1v) is 13.4. The van der Waals surface area contributed by atoms with Crippen LogP contribution in [0.3, 0.4) is 0 Å². The van der Waals surface area contributed by atoms with E-state index in [1.807, 2.05) is 37.1 Å². The van der Waals surface area contributed by atoms with E-state index in [-0.39, 0.29) is 10.7 Å². The first-order chi connectivity index (χ1) is 18.2. The highest BCUT2D eigenvalue weighted by atomic mass is 32.2. The van der Waals surface area contributed by atoms with Gasteiger partial charge in [-0.05, 0) is 54.4 Å². The average Bonchev–Trinajstić information content (AvgIpc) is 3.31. The molecule has 3 aromatic carbocycles. The summed E-state index contributed by atoms with van der Waals surface area (Å²) in [6.45, 7) is 2.28.